The average molecular weight is 1030 g/mol. The van der Waals surface area contributed by atoms with Gasteiger partial charge in [0.25, 0.3) is 0 Å². The molecule has 2 aliphatic rings. The molecular formula is C58H109NO13. The van der Waals surface area contributed by atoms with E-state index in [0.29, 0.717) is 12.8 Å². The molecule has 0 aromatic rings. The van der Waals surface area contributed by atoms with Crippen LogP contribution in [-0.4, -0.2) is 140 Å². The number of allylic oxidation sites excluding steroid dienone is 3. The molecule has 0 aromatic carbocycles. The molecule has 0 spiro atoms. The number of unbranched alkanes of at least 4 members (excludes halogenated alkanes) is 32. The molecule has 14 heteroatoms. The molecule has 0 aromatic heterocycles. The van der Waals surface area contributed by atoms with Crippen LogP contribution in [0.25, 0.3) is 0 Å². The van der Waals surface area contributed by atoms with E-state index in [-0.39, 0.29) is 18.9 Å². The fraction of sp³-hybridized carbons (Fsp3) is 0.914. The molecule has 14 nitrogen and oxygen atoms in total. The third-order valence-electron chi connectivity index (χ3n) is 14.6. The molecule has 9 N–H and O–H groups in total. The number of amides is 1. The van der Waals surface area contributed by atoms with E-state index in [9.17, 15) is 45.6 Å². The summed E-state index contributed by atoms with van der Waals surface area (Å²) >= 11 is 0. The lowest BCUT2D eigenvalue weighted by Crippen LogP contribution is -2.65. The number of hydrogen-bond donors (Lipinski definition) is 9. The molecule has 424 valence electrons. The second-order valence-corrected chi connectivity index (χ2v) is 21.1. The van der Waals surface area contributed by atoms with Crippen LogP contribution < -0.4 is 5.32 Å². The molecule has 2 aliphatic heterocycles. The number of carbonyl (C=O) groups excluding carboxylic acids is 1. The third-order valence-corrected chi connectivity index (χ3v) is 14.6. The summed E-state index contributed by atoms with van der Waals surface area (Å²) in [5.41, 5.74) is 0. The lowest BCUT2D eigenvalue weighted by Gasteiger charge is -2.46. The molecule has 12 unspecified atom stereocenters. The Morgan fingerprint density at radius 2 is 0.889 bits per heavy atom. The van der Waals surface area contributed by atoms with Crippen molar-refractivity contribution in [3.05, 3.63) is 24.3 Å². The van der Waals surface area contributed by atoms with E-state index in [2.05, 4.69) is 31.3 Å². The van der Waals surface area contributed by atoms with Gasteiger partial charge < -0.3 is 65.1 Å². The smallest absolute Gasteiger partial charge is 0.220 e. The van der Waals surface area contributed by atoms with E-state index >= 15 is 0 Å². The fourth-order valence-electron chi connectivity index (χ4n) is 9.84. The van der Waals surface area contributed by atoms with Crippen LogP contribution in [0.5, 0.6) is 0 Å². The summed E-state index contributed by atoms with van der Waals surface area (Å²) in [7, 11) is 0. The molecule has 0 aliphatic carbocycles. The van der Waals surface area contributed by atoms with Crippen molar-refractivity contribution in [2.45, 2.75) is 319 Å². The van der Waals surface area contributed by atoms with Gasteiger partial charge in [0, 0.05) is 6.42 Å². The van der Waals surface area contributed by atoms with Crippen molar-refractivity contribution in [1.82, 2.24) is 5.32 Å². The zero-order valence-electron chi connectivity index (χ0n) is 45.4. The first-order valence-corrected chi connectivity index (χ1v) is 29.6. The van der Waals surface area contributed by atoms with Crippen molar-refractivity contribution in [3.8, 4) is 0 Å². The topological polar surface area (TPSA) is 228 Å². The van der Waals surface area contributed by atoms with E-state index in [4.69, 9.17) is 18.9 Å². The number of ether oxygens (including phenoxy) is 4. The minimum Gasteiger partial charge on any atom is -0.394 e. The Morgan fingerprint density at radius 1 is 0.486 bits per heavy atom. The molecule has 0 bridgehead atoms. The summed E-state index contributed by atoms with van der Waals surface area (Å²) in [4.78, 5) is 13.2. The monoisotopic (exact) mass is 1030 g/mol. The highest BCUT2D eigenvalue weighted by atomic mass is 16.7. The molecule has 2 fully saturated rings. The minimum absolute atomic E-state index is 0.246. The molecular weight excluding hydrogens is 919 g/mol. The molecule has 12 atom stereocenters. The Morgan fingerprint density at radius 3 is 1.36 bits per heavy atom. The SMILES string of the molecule is CCCCCCC/C=C/CC/C=C/C(O)C(COC1OC(CO)C(OC2OC(CO)C(O)C(O)C2O)C(O)C1O)NC(=O)CCCCCCCCCCCCCCCCCCCCCCCCCCCCC. The van der Waals surface area contributed by atoms with E-state index in [1.807, 2.05) is 6.08 Å². The van der Waals surface area contributed by atoms with E-state index in [0.717, 1.165) is 32.1 Å². The van der Waals surface area contributed by atoms with Crippen LogP contribution in [0.2, 0.25) is 0 Å². The summed E-state index contributed by atoms with van der Waals surface area (Å²) in [6, 6.07) is -0.926. The number of nitrogens with one attached hydrogen (secondary N) is 1. The zero-order valence-corrected chi connectivity index (χ0v) is 45.4. The van der Waals surface area contributed by atoms with Gasteiger partial charge in [-0.15, -0.1) is 0 Å². The minimum atomic E-state index is -1.79. The Hall–Kier alpha value is -1.53. The summed E-state index contributed by atoms with van der Waals surface area (Å²) < 4.78 is 22.7. The van der Waals surface area contributed by atoms with Crippen molar-refractivity contribution < 1.29 is 64.6 Å². The second kappa shape index (κ2) is 44.6. The van der Waals surface area contributed by atoms with Gasteiger partial charge in [0.05, 0.1) is 32.0 Å². The van der Waals surface area contributed by atoms with Crippen LogP contribution in [0.1, 0.15) is 245 Å². The maximum absolute atomic E-state index is 13.2. The van der Waals surface area contributed by atoms with Gasteiger partial charge in [-0.1, -0.05) is 231 Å². The first-order chi connectivity index (χ1) is 35.1. The Balaban J connectivity index is 1.68. The number of aliphatic hydroxyl groups is 8. The van der Waals surface area contributed by atoms with Crippen LogP contribution >= 0.6 is 0 Å². The molecule has 72 heavy (non-hydrogen) atoms. The van der Waals surface area contributed by atoms with Crippen molar-refractivity contribution in [2.75, 3.05) is 19.8 Å². The highest BCUT2D eigenvalue weighted by Crippen LogP contribution is 2.30. The molecule has 1 amide bonds. The Labute approximate surface area is 437 Å². The van der Waals surface area contributed by atoms with Gasteiger partial charge in [0.2, 0.25) is 5.91 Å². The van der Waals surface area contributed by atoms with Gasteiger partial charge in [0.15, 0.2) is 12.6 Å². The van der Waals surface area contributed by atoms with Gasteiger partial charge in [-0.25, -0.2) is 0 Å². The van der Waals surface area contributed by atoms with Crippen LogP contribution in [0.15, 0.2) is 24.3 Å². The first kappa shape index (κ1) is 66.6. The number of rotatable bonds is 47. The summed E-state index contributed by atoms with van der Waals surface area (Å²) in [5.74, 6) is -0.246. The Bertz CT molecular complexity index is 1300. The van der Waals surface area contributed by atoms with Crippen molar-refractivity contribution in [2.24, 2.45) is 0 Å². The quantitative estimate of drug-likeness (QED) is 0.0205. The maximum Gasteiger partial charge on any atom is 0.220 e. The third kappa shape index (κ3) is 30.3. The predicted molar refractivity (Wildman–Crippen MR) is 286 cm³/mol. The number of hydrogen-bond acceptors (Lipinski definition) is 13. The maximum atomic E-state index is 13.2. The summed E-state index contributed by atoms with van der Waals surface area (Å²) in [6.45, 7) is 2.76. The van der Waals surface area contributed by atoms with Gasteiger partial charge in [0.1, 0.15) is 48.8 Å². The van der Waals surface area contributed by atoms with Crippen molar-refractivity contribution in [1.29, 1.82) is 0 Å². The van der Waals surface area contributed by atoms with Crippen LogP contribution in [0.3, 0.4) is 0 Å². The lowest BCUT2D eigenvalue weighted by atomic mass is 9.97. The highest BCUT2D eigenvalue weighted by molar-refractivity contribution is 5.76. The fourth-order valence-corrected chi connectivity index (χ4v) is 9.84. The standard InChI is InChI=1S/C58H109NO13/c1-3-5-7-9-11-13-15-16-17-18-19-20-21-22-23-24-25-26-27-28-29-30-32-34-36-38-40-42-50(63)59-46(47(62)41-39-37-35-33-31-14-12-10-8-6-4-2)45-69-57-55(68)53(66)56(49(44-61)71-57)72-58-54(67)52(65)51(64)48(43-60)70-58/h31,33,39,41,46-49,51-58,60-62,64-68H,3-30,32,34-38,40,42-45H2,1-2H3,(H,59,63)/b33-31+,41-39+. The van der Waals surface area contributed by atoms with E-state index < -0.39 is 86.8 Å². The van der Waals surface area contributed by atoms with Crippen LogP contribution in [-0.2, 0) is 23.7 Å². The molecule has 0 radical (unpaired) electrons. The lowest BCUT2D eigenvalue weighted by molar-refractivity contribution is -0.359. The average Bonchev–Trinajstić information content (AvgIpc) is 3.38. The van der Waals surface area contributed by atoms with Crippen LogP contribution in [0.4, 0.5) is 0 Å². The zero-order chi connectivity index (χ0) is 52.4. The molecule has 0 saturated carbocycles. The second-order valence-electron chi connectivity index (χ2n) is 21.1. The largest absolute Gasteiger partial charge is 0.394 e. The van der Waals surface area contributed by atoms with Gasteiger partial charge in [-0.05, 0) is 32.1 Å². The van der Waals surface area contributed by atoms with Gasteiger partial charge >= 0.3 is 0 Å². The van der Waals surface area contributed by atoms with Gasteiger partial charge in [-0.3, -0.25) is 4.79 Å². The molecule has 2 rings (SSSR count). The molecule has 2 heterocycles. The van der Waals surface area contributed by atoms with Crippen LogP contribution in [0, 0.1) is 0 Å². The van der Waals surface area contributed by atoms with Crippen molar-refractivity contribution in [3.63, 3.8) is 0 Å². The Kier molecular flexibility index (Phi) is 41.2. The summed E-state index contributed by atoms with van der Waals surface area (Å²) in [5, 5.41) is 86.8. The number of aliphatic hydroxyl groups excluding tert-OH is 8. The van der Waals surface area contributed by atoms with Crippen molar-refractivity contribution >= 4 is 5.91 Å². The van der Waals surface area contributed by atoms with E-state index in [1.54, 1.807) is 6.08 Å². The first-order valence-electron chi connectivity index (χ1n) is 29.6. The van der Waals surface area contributed by atoms with E-state index in [1.165, 1.54) is 180 Å². The van der Waals surface area contributed by atoms with Gasteiger partial charge in [-0.2, -0.15) is 0 Å². The molecule has 2 saturated heterocycles. The highest BCUT2D eigenvalue weighted by Gasteiger charge is 2.51. The predicted octanol–water partition coefficient (Wildman–Crippen LogP) is 9.67. The summed E-state index contributed by atoms with van der Waals surface area (Å²) in [6.07, 6.45) is 35.3. The normalized spacial score (nSPS) is 25.7. The number of carbonyl (C=O) groups is 1.